The average Bonchev–Trinajstić information content (AvgIpc) is 3.26. The van der Waals surface area contributed by atoms with Crippen molar-refractivity contribution in [1.82, 2.24) is 15.5 Å². The molecule has 0 spiro atoms. The molecule has 0 aliphatic heterocycles. The fourth-order valence-electron chi connectivity index (χ4n) is 2.25. The van der Waals surface area contributed by atoms with Gasteiger partial charge in [-0.15, -0.1) is 11.3 Å². The number of methoxy groups -OCH3 is 1. The zero-order chi connectivity index (χ0) is 16.9. The molecule has 1 atom stereocenters. The van der Waals surface area contributed by atoms with E-state index in [0.717, 1.165) is 16.2 Å². The van der Waals surface area contributed by atoms with Crippen LogP contribution in [0.5, 0.6) is 5.75 Å². The number of nitrogens with one attached hydrogen (secondary N) is 1. The van der Waals surface area contributed by atoms with Crippen LogP contribution in [0, 0.1) is 0 Å². The summed E-state index contributed by atoms with van der Waals surface area (Å²) in [7, 11) is 1.61. The Morgan fingerprint density at radius 1 is 1.38 bits per heavy atom. The lowest BCUT2D eigenvalue weighted by atomic mass is 10.1. The SMILES string of the molecule is COc1ccc(-c2noc(CC(NC(N)=O)c3cccs3)n2)cc1. The topological polar surface area (TPSA) is 103 Å². The maximum absolute atomic E-state index is 11.2. The molecule has 0 saturated carbocycles. The summed E-state index contributed by atoms with van der Waals surface area (Å²) in [4.78, 5) is 16.6. The summed E-state index contributed by atoms with van der Waals surface area (Å²) < 4.78 is 10.4. The Bertz CT molecular complexity index is 799. The van der Waals surface area contributed by atoms with Crippen LogP contribution in [0.15, 0.2) is 46.3 Å². The molecule has 3 rings (SSSR count). The Balaban J connectivity index is 1.77. The molecule has 2 amide bonds. The molecule has 8 heteroatoms. The van der Waals surface area contributed by atoms with Gasteiger partial charge in [0.1, 0.15) is 5.75 Å². The van der Waals surface area contributed by atoms with E-state index < -0.39 is 6.03 Å². The Labute approximate surface area is 142 Å². The molecule has 0 aliphatic carbocycles. The quantitative estimate of drug-likeness (QED) is 0.715. The van der Waals surface area contributed by atoms with Crippen molar-refractivity contribution in [3.63, 3.8) is 0 Å². The van der Waals surface area contributed by atoms with Gasteiger partial charge in [-0.25, -0.2) is 4.79 Å². The van der Waals surface area contributed by atoms with Gasteiger partial charge in [-0.2, -0.15) is 4.98 Å². The fraction of sp³-hybridized carbons (Fsp3) is 0.188. The lowest BCUT2D eigenvalue weighted by Crippen LogP contribution is -2.33. The number of thiophene rings is 1. The number of primary amides is 1. The summed E-state index contributed by atoms with van der Waals surface area (Å²) >= 11 is 1.53. The highest BCUT2D eigenvalue weighted by atomic mass is 32.1. The number of amides is 2. The number of urea groups is 1. The Morgan fingerprint density at radius 3 is 2.79 bits per heavy atom. The molecule has 24 heavy (non-hydrogen) atoms. The number of hydrogen-bond donors (Lipinski definition) is 2. The van der Waals surface area contributed by atoms with Crippen LogP contribution in [-0.2, 0) is 6.42 Å². The van der Waals surface area contributed by atoms with Crippen LogP contribution in [-0.4, -0.2) is 23.3 Å². The van der Waals surface area contributed by atoms with E-state index in [1.165, 1.54) is 11.3 Å². The zero-order valence-corrected chi connectivity index (χ0v) is 13.7. The molecule has 0 radical (unpaired) electrons. The van der Waals surface area contributed by atoms with Gasteiger partial charge in [-0.3, -0.25) is 0 Å². The molecule has 2 aromatic heterocycles. The van der Waals surface area contributed by atoms with Gasteiger partial charge in [-0.05, 0) is 35.7 Å². The Hall–Kier alpha value is -2.87. The van der Waals surface area contributed by atoms with Crippen LogP contribution >= 0.6 is 11.3 Å². The van der Waals surface area contributed by atoms with Gasteiger partial charge in [0, 0.05) is 10.4 Å². The van der Waals surface area contributed by atoms with Crippen LogP contribution in [0.25, 0.3) is 11.4 Å². The minimum Gasteiger partial charge on any atom is -0.497 e. The van der Waals surface area contributed by atoms with Crippen molar-refractivity contribution in [2.75, 3.05) is 7.11 Å². The summed E-state index contributed by atoms with van der Waals surface area (Å²) in [6.45, 7) is 0. The van der Waals surface area contributed by atoms with Crippen molar-refractivity contribution in [2.24, 2.45) is 5.73 Å². The van der Waals surface area contributed by atoms with Crippen molar-refractivity contribution in [2.45, 2.75) is 12.5 Å². The van der Waals surface area contributed by atoms with E-state index in [2.05, 4.69) is 15.5 Å². The predicted octanol–water partition coefficient (Wildman–Crippen LogP) is 2.76. The molecule has 2 heterocycles. The van der Waals surface area contributed by atoms with Gasteiger partial charge in [0.15, 0.2) is 0 Å². The molecule has 0 aliphatic rings. The minimum atomic E-state index is -0.594. The van der Waals surface area contributed by atoms with E-state index in [0.29, 0.717) is 18.1 Å². The number of ether oxygens (including phenoxy) is 1. The molecule has 1 aromatic carbocycles. The molecule has 124 valence electrons. The van der Waals surface area contributed by atoms with Crippen molar-refractivity contribution in [3.8, 4) is 17.1 Å². The van der Waals surface area contributed by atoms with Crippen LogP contribution in [0.3, 0.4) is 0 Å². The largest absolute Gasteiger partial charge is 0.497 e. The number of carbonyl (C=O) groups excluding carboxylic acids is 1. The smallest absolute Gasteiger partial charge is 0.312 e. The lowest BCUT2D eigenvalue weighted by molar-refractivity contribution is 0.244. The number of rotatable bonds is 6. The van der Waals surface area contributed by atoms with E-state index in [1.807, 2.05) is 41.8 Å². The molecule has 0 fully saturated rings. The van der Waals surface area contributed by atoms with Crippen molar-refractivity contribution < 1.29 is 14.1 Å². The molecular weight excluding hydrogens is 328 g/mol. The third-order valence-electron chi connectivity index (χ3n) is 3.40. The summed E-state index contributed by atoms with van der Waals surface area (Å²) in [5.74, 6) is 1.66. The highest BCUT2D eigenvalue weighted by Gasteiger charge is 2.19. The van der Waals surface area contributed by atoms with Crippen LogP contribution in [0.1, 0.15) is 16.8 Å². The van der Waals surface area contributed by atoms with E-state index in [-0.39, 0.29) is 6.04 Å². The van der Waals surface area contributed by atoms with Gasteiger partial charge in [0.25, 0.3) is 0 Å². The molecule has 0 saturated heterocycles. The molecular formula is C16H16N4O3S. The highest BCUT2D eigenvalue weighted by Crippen LogP contribution is 2.24. The van der Waals surface area contributed by atoms with E-state index >= 15 is 0 Å². The number of aromatic nitrogens is 2. The number of benzene rings is 1. The minimum absolute atomic E-state index is 0.299. The van der Waals surface area contributed by atoms with Gasteiger partial charge in [0.05, 0.1) is 19.6 Å². The first kappa shape index (κ1) is 16.0. The zero-order valence-electron chi connectivity index (χ0n) is 12.9. The molecule has 3 aromatic rings. The first-order chi connectivity index (χ1) is 11.7. The summed E-state index contributed by atoms with van der Waals surface area (Å²) in [6.07, 6.45) is 0.368. The number of carbonyl (C=O) groups is 1. The van der Waals surface area contributed by atoms with Crippen LogP contribution in [0.4, 0.5) is 4.79 Å². The number of hydrogen-bond acceptors (Lipinski definition) is 6. The lowest BCUT2D eigenvalue weighted by Gasteiger charge is -2.13. The molecule has 7 nitrogen and oxygen atoms in total. The second-order valence-electron chi connectivity index (χ2n) is 5.02. The van der Waals surface area contributed by atoms with Gasteiger partial charge < -0.3 is 20.3 Å². The summed E-state index contributed by atoms with van der Waals surface area (Å²) in [5.41, 5.74) is 6.07. The first-order valence-electron chi connectivity index (χ1n) is 7.22. The molecule has 1 unspecified atom stereocenters. The second-order valence-corrected chi connectivity index (χ2v) is 6.00. The Kier molecular flexibility index (Phi) is 4.76. The number of nitrogens with two attached hydrogens (primary N) is 1. The monoisotopic (exact) mass is 344 g/mol. The predicted molar refractivity (Wildman–Crippen MR) is 89.8 cm³/mol. The van der Waals surface area contributed by atoms with Crippen LogP contribution < -0.4 is 15.8 Å². The Morgan fingerprint density at radius 2 is 2.17 bits per heavy atom. The maximum Gasteiger partial charge on any atom is 0.312 e. The van der Waals surface area contributed by atoms with Gasteiger partial charge >= 0.3 is 6.03 Å². The van der Waals surface area contributed by atoms with Crippen LogP contribution in [0.2, 0.25) is 0 Å². The fourth-order valence-corrected chi connectivity index (χ4v) is 3.03. The summed E-state index contributed by atoms with van der Waals surface area (Å²) in [6, 6.07) is 10.3. The van der Waals surface area contributed by atoms with E-state index in [1.54, 1.807) is 7.11 Å². The molecule has 0 bridgehead atoms. The highest BCUT2D eigenvalue weighted by molar-refractivity contribution is 7.10. The van der Waals surface area contributed by atoms with Crippen molar-refractivity contribution in [1.29, 1.82) is 0 Å². The standard InChI is InChI=1S/C16H16N4O3S/c1-22-11-6-4-10(5-7-11)15-19-14(23-20-15)9-12(18-16(17)21)13-3-2-8-24-13/h2-8,12H,9H2,1H3,(H3,17,18,21). The third kappa shape index (κ3) is 3.72. The third-order valence-corrected chi connectivity index (χ3v) is 4.38. The van der Waals surface area contributed by atoms with E-state index in [4.69, 9.17) is 15.0 Å². The van der Waals surface area contributed by atoms with Gasteiger partial charge in [0.2, 0.25) is 11.7 Å². The molecule has 3 N–H and O–H groups in total. The van der Waals surface area contributed by atoms with Gasteiger partial charge in [-0.1, -0.05) is 11.2 Å². The van der Waals surface area contributed by atoms with E-state index in [9.17, 15) is 4.79 Å². The average molecular weight is 344 g/mol. The van der Waals surface area contributed by atoms with Crippen molar-refractivity contribution in [3.05, 3.63) is 52.5 Å². The normalized spacial score (nSPS) is 11.9. The summed E-state index contributed by atoms with van der Waals surface area (Å²) in [5, 5.41) is 8.62. The maximum atomic E-state index is 11.2. The first-order valence-corrected chi connectivity index (χ1v) is 8.10. The second kappa shape index (κ2) is 7.14. The number of nitrogens with zero attached hydrogens (tertiary/aromatic N) is 2. The van der Waals surface area contributed by atoms with Crippen molar-refractivity contribution >= 4 is 17.4 Å².